The fourth-order valence-electron chi connectivity index (χ4n) is 1.50. The van der Waals surface area contributed by atoms with Crippen molar-refractivity contribution >= 4 is 17.7 Å². The number of aryl methyl sites for hydroxylation is 1. The molecular formula is C13H18FNO2S. The van der Waals surface area contributed by atoms with Crippen LogP contribution in [-0.2, 0) is 9.53 Å². The maximum Gasteiger partial charge on any atom is 0.306 e. The number of methoxy groups -OCH3 is 1. The van der Waals surface area contributed by atoms with Crippen molar-refractivity contribution in [2.75, 3.05) is 12.9 Å². The number of rotatable bonds is 5. The van der Waals surface area contributed by atoms with E-state index in [0.717, 1.165) is 10.5 Å². The summed E-state index contributed by atoms with van der Waals surface area (Å²) in [5.41, 5.74) is 7.17. The van der Waals surface area contributed by atoms with E-state index in [1.165, 1.54) is 24.9 Å². The van der Waals surface area contributed by atoms with Gasteiger partial charge in [0.15, 0.2) is 0 Å². The normalized spacial score (nSPS) is 12.3. The van der Waals surface area contributed by atoms with Crippen molar-refractivity contribution in [3.05, 3.63) is 29.1 Å². The molecule has 0 aliphatic heterocycles. The van der Waals surface area contributed by atoms with E-state index in [1.54, 1.807) is 13.0 Å². The van der Waals surface area contributed by atoms with Gasteiger partial charge in [0, 0.05) is 16.7 Å². The number of hydrogen-bond acceptors (Lipinski definition) is 4. The van der Waals surface area contributed by atoms with Gasteiger partial charge in [0.05, 0.1) is 13.5 Å². The third kappa shape index (κ3) is 3.99. The van der Waals surface area contributed by atoms with E-state index in [0.29, 0.717) is 17.7 Å². The maximum atomic E-state index is 13.5. The molecule has 0 amide bonds. The van der Waals surface area contributed by atoms with Gasteiger partial charge >= 0.3 is 5.97 Å². The molecule has 100 valence electrons. The molecule has 0 saturated heterocycles. The minimum atomic E-state index is -0.250. The van der Waals surface area contributed by atoms with Crippen molar-refractivity contribution in [3.8, 4) is 0 Å². The molecule has 1 aromatic rings. The molecule has 0 spiro atoms. The Labute approximate surface area is 111 Å². The first-order valence-corrected chi connectivity index (χ1v) is 6.69. The van der Waals surface area contributed by atoms with Crippen LogP contribution < -0.4 is 5.73 Å². The number of carbonyl (C=O) groups excluding carboxylic acids is 1. The molecule has 18 heavy (non-hydrogen) atoms. The molecule has 0 bridgehead atoms. The highest BCUT2D eigenvalue weighted by Crippen LogP contribution is 2.29. The second-order valence-electron chi connectivity index (χ2n) is 4.10. The molecule has 0 fully saturated rings. The highest BCUT2D eigenvalue weighted by atomic mass is 32.2. The third-order valence-electron chi connectivity index (χ3n) is 2.57. The Morgan fingerprint density at radius 1 is 1.56 bits per heavy atom. The second kappa shape index (κ2) is 6.75. The molecule has 1 atom stereocenters. The van der Waals surface area contributed by atoms with Gasteiger partial charge in [-0.05, 0) is 37.1 Å². The molecule has 1 aromatic carbocycles. The lowest BCUT2D eigenvalue weighted by Crippen LogP contribution is -2.08. The van der Waals surface area contributed by atoms with Gasteiger partial charge in [0.25, 0.3) is 0 Å². The lowest BCUT2D eigenvalue weighted by Gasteiger charge is -2.13. The van der Waals surface area contributed by atoms with Gasteiger partial charge in [-0.3, -0.25) is 4.79 Å². The molecule has 0 radical (unpaired) electrons. The molecule has 3 nitrogen and oxygen atoms in total. The molecule has 0 aliphatic rings. The highest BCUT2D eigenvalue weighted by Gasteiger charge is 2.12. The first-order valence-electron chi connectivity index (χ1n) is 5.71. The number of halogens is 1. The molecule has 0 saturated carbocycles. The minimum absolute atomic E-state index is 0.235. The Hall–Kier alpha value is -1.07. The first kappa shape index (κ1) is 15.0. The van der Waals surface area contributed by atoms with Crippen LogP contribution in [-0.4, -0.2) is 18.8 Å². The molecule has 1 unspecified atom stereocenters. The molecule has 1 rings (SSSR count). The number of esters is 1. The van der Waals surface area contributed by atoms with Crippen molar-refractivity contribution in [2.24, 2.45) is 5.73 Å². The zero-order valence-corrected chi connectivity index (χ0v) is 11.6. The van der Waals surface area contributed by atoms with E-state index in [-0.39, 0.29) is 17.8 Å². The van der Waals surface area contributed by atoms with Gasteiger partial charge in [-0.25, -0.2) is 4.39 Å². The monoisotopic (exact) mass is 271 g/mol. The number of ether oxygens (including phenoxy) is 1. The summed E-state index contributed by atoms with van der Waals surface area (Å²) in [7, 11) is 1.36. The van der Waals surface area contributed by atoms with Gasteiger partial charge in [0.1, 0.15) is 5.82 Å². The number of thioether (sulfide) groups is 1. The van der Waals surface area contributed by atoms with Gasteiger partial charge in [-0.1, -0.05) is 0 Å². The fraction of sp³-hybridized carbons (Fsp3) is 0.462. The predicted molar refractivity (Wildman–Crippen MR) is 71.1 cm³/mol. The van der Waals surface area contributed by atoms with Crippen LogP contribution in [0.1, 0.15) is 30.5 Å². The lowest BCUT2D eigenvalue weighted by molar-refractivity contribution is -0.140. The Kier molecular flexibility index (Phi) is 5.62. The van der Waals surface area contributed by atoms with Gasteiger partial charge < -0.3 is 10.5 Å². The first-order chi connectivity index (χ1) is 8.45. The average molecular weight is 271 g/mol. The Balaban J connectivity index is 2.80. The Morgan fingerprint density at radius 3 is 2.78 bits per heavy atom. The lowest BCUT2D eigenvalue weighted by atomic mass is 10.1. The summed E-state index contributed by atoms with van der Waals surface area (Å²) in [4.78, 5) is 11.9. The minimum Gasteiger partial charge on any atom is -0.469 e. The highest BCUT2D eigenvalue weighted by molar-refractivity contribution is 7.99. The Morgan fingerprint density at radius 2 is 2.22 bits per heavy atom. The number of hydrogen-bond donors (Lipinski definition) is 1. The van der Waals surface area contributed by atoms with Crippen molar-refractivity contribution in [1.29, 1.82) is 0 Å². The van der Waals surface area contributed by atoms with Gasteiger partial charge in [-0.15, -0.1) is 11.8 Å². The van der Waals surface area contributed by atoms with Crippen LogP contribution in [0.25, 0.3) is 0 Å². The van der Waals surface area contributed by atoms with Crippen LogP contribution in [0.5, 0.6) is 0 Å². The summed E-state index contributed by atoms with van der Waals surface area (Å²) in [5.74, 6) is 0.0978. The maximum absolute atomic E-state index is 13.5. The van der Waals surface area contributed by atoms with Crippen molar-refractivity contribution in [3.63, 3.8) is 0 Å². The molecule has 0 aliphatic carbocycles. The van der Waals surface area contributed by atoms with E-state index in [2.05, 4.69) is 4.74 Å². The summed E-state index contributed by atoms with van der Waals surface area (Å²) in [6, 6.07) is 3.01. The second-order valence-corrected chi connectivity index (χ2v) is 5.24. The van der Waals surface area contributed by atoms with Crippen LogP contribution in [0.3, 0.4) is 0 Å². The van der Waals surface area contributed by atoms with Crippen molar-refractivity contribution in [1.82, 2.24) is 0 Å². The van der Waals surface area contributed by atoms with Gasteiger partial charge in [-0.2, -0.15) is 0 Å². The van der Waals surface area contributed by atoms with Gasteiger partial charge in [0.2, 0.25) is 0 Å². The number of nitrogens with two attached hydrogens (primary N) is 1. The largest absolute Gasteiger partial charge is 0.469 e. The fourth-order valence-corrected chi connectivity index (χ4v) is 2.66. The molecule has 5 heteroatoms. The van der Waals surface area contributed by atoms with Crippen molar-refractivity contribution < 1.29 is 13.9 Å². The van der Waals surface area contributed by atoms with Crippen molar-refractivity contribution in [2.45, 2.75) is 31.2 Å². The molecule has 0 heterocycles. The quantitative estimate of drug-likeness (QED) is 0.661. The summed E-state index contributed by atoms with van der Waals surface area (Å²) in [6.45, 7) is 3.53. The van der Waals surface area contributed by atoms with Crippen LogP contribution in [0.4, 0.5) is 4.39 Å². The van der Waals surface area contributed by atoms with Crippen LogP contribution in [0, 0.1) is 12.7 Å². The SMILES string of the molecule is COC(=O)CCSc1cc(C)c(F)cc1C(C)N. The molecule has 0 aromatic heterocycles. The molecular weight excluding hydrogens is 253 g/mol. The summed E-state index contributed by atoms with van der Waals surface area (Å²) >= 11 is 1.49. The van der Waals surface area contributed by atoms with Crippen LogP contribution in [0.15, 0.2) is 17.0 Å². The zero-order chi connectivity index (χ0) is 13.7. The van der Waals surface area contributed by atoms with E-state index < -0.39 is 0 Å². The van der Waals surface area contributed by atoms with E-state index in [1.807, 2.05) is 6.92 Å². The molecule has 2 N–H and O–H groups in total. The third-order valence-corrected chi connectivity index (χ3v) is 3.65. The standard InChI is InChI=1S/C13H18FNO2S/c1-8-6-12(18-5-4-13(16)17-3)10(9(2)15)7-11(8)14/h6-7,9H,4-5,15H2,1-3H3. The van der Waals surface area contributed by atoms with E-state index in [4.69, 9.17) is 5.73 Å². The number of carbonyl (C=O) groups is 1. The summed E-state index contributed by atoms with van der Waals surface area (Å²) in [5, 5.41) is 0. The van der Waals surface area contributed by atoms with Crippen LogP contribution in [0.2, 0.25) is 0 Å². The summed E-state index contributed by atoms with van der Waals surface area (Å²) < 4.78 is 18.1. The Bertz CT molecular complexity index is 435. The summed E-state index contributed by atoms with van der Waals surface area (Å²) in [6.07, 6.45) is 0.329. The van der Waals surface area contributed by atoms with E-state index >= 15 is 0 Å². The smallest absolute Gasteiger partial charge is 0.306 e. The topological polar surface area (TPSA) is 52.3 Å². The number of benzene rings is 1. The average Bonchev–Trinajstić information content (AvgIpc) is 2.32. The van der Waals surface area contributed by atoms with E-state index in [9.17, 15) is 9.18 Å². The zero-order valence-electron chi connectivity index (χ0n) is 10.8. The predicted octanol–water partition coefficient (Wildman–Crippen LogP) is 2.81. The van der Waals surface area contributed by atoms with Crippen LogP contribution >= 0.6 is 11.8 Å².